The number of rotatable bonds is 7. The fourth-order valence-electron chi connectivity index (χ4n) is 2.86. The normalized spacial score (nSPS) is 19.1. The highest BCUT2D eigenvalue weighted by atomic mass is 35.5. The Kier molecular flexibility index (Phi) is 6.06. The summed E-state index contributed by atoms with van der Waals surface area (Å²) in [5.74, 6) is 0.145. The molecule has 0 radical (unpaired) electrons. The quantitative estimate of drug-likeness (QED) is 0.677. The van der Waals surface area contributed by atoms with Crippen molar-refractivity contribution < 1.29 is 17.9 Å². The Balaban J connectivity index is 1.66. The smallest absolute Gasteiger partial charge is 0.233 e. The molecule has 0 bridgehead atoms. The minimum Gasteiger partial charge on any atom is -0.383 e. The van der Waals surface area contributed by atoms with Crippen LogP contribution in [0.1, 0.15) is 6.42 Å². The molecule has 0 spiro atoms. The number of nitrogens with one attached hydrogen (secondary N) is 1. The summed E-state index contributed by atoms with van der Waals surface area (Å²) in [5, 5.41) is 1.07. The molecule has 1 amide bonds. The SMILES string of the molecule is COCCN(C(=O)CSc1nc2ncc(Cl)cc2[nH]1)[C@H]1CCS(=O)(=O)C1. The predicted molar refractivity (Wildman–Crippen MR) is 100 cm³/mol. The van der Waals surface area contributed by atoms with E-state index in [1.165, 1.54) is 18.0 Å². The van der Waals surface area contributed by atoms with Crippen molar-refractivity contribution in [2.24, 2.45) is 0 Å². The molecule has 0 unspecified atom stereocenters. The molecule has 1 saturated heterocycles. The molecule has 11 heteroatoms. The van der Waals surface area contributed by atoms with Gasteiger partial charge >= 0.3 is 0 Å². The summed E-state index contributed by atoms with van der Waals surface area (Å²) >= 11 is 7.15. The van der Waals surface area contributed by atoms with Crippen LogP contribution < -0.4 is 0 Å². The van der Waals surface area contributed by atoms with Gasteiger partial charge in [-0.1, -0.05) is 23.4 Å². The van der Waals surface area contributed by atoms with Crippen LogP contribution in [-0.2, 0) is 19.4 Å². The van der Waals surface area contributed by atoms with Gasteiger partial charge in [0.1, 0.15) is 0 Å². The number of carbonyl (C=O) groups excluding carboxylic acids is 1. The summed E-state index contributed by atoms with van der Waals surface area (Å²) in [6.45, 7) is 0.730. The fraction of sp³-hybridized carbons (Fsp3) is 0.533. The molecule has 1 aliphatic rings. The van der Waals surface area contributed by atoms with E-state index in [1.54, 1.807) is 18.1 Å². The first-order chi connectivity index (χ1) is 12.4. The van der Waals surface area contributed by atoms with Crippen molar-refractivity contribution >= 4 is 50.3 Å². The van der Waals surface area contributed by atoms with E-state index in [-0.39, 0.29) is 29.2 Å². The second kappa shape index (κ2) is 8.12. The van der Waals surface area contributed by atoms with Gasteiger partial charge in [-0.3, -0.25) is 4.79 Å². The first-order valence-corrected chi connectivity index (χ1v) is 11.2. The van der Waals surface area contributed by atoms with Crippen LogP contribution in [0.25, 0.3) is 11.2 Å². The fourth-order valence-corrected chi connectivity index (χ4v) is 5.50. The van der Waals surface area contributed by atoms with Gasteiger partial charge in [0, 0.05) is 25.9 Å². The van der Waals surface area contributed by atoms with Crippen LogP contribution in [0.15, 0.2) is 17.4 Å². The highest BCUT2D eigenvalue weighted by Crippen LogP contribution is 2.23. The Labute approximate surface area is 160 Å². The molecule has 3 heterocycles. The largest absolute Gasteiger partial charge is 0.383 e. The summed E-state index contributed by atoms with van der Waals surface area (Å²) in [4.78, 5) is 25.8. The number of nitrogens with zero attached hydrogens (tertiary/aromatic N) is 3. The minimum atomic E-state index is -3.07. The number of aromatic amines is 1. The molecule has 2 aromatic rings. The Hall–Kier alpha value is -1.36. The lowest BCUT2D eigenvalue weighted by Crippen LogP contribution is -2.44. The summed E-state index contributed by atoms with van der Waals surface area (Å²) in [6.07, 6.45) is 1.98. The number of imidazole rings is 1. The topological polar surface area (TPSA) is 105 Å². The molecule has 0 saturated carbocycles. The maximum Gasteiger partial charge on any atom is 0.233 e. The molecule has 0 aromatic carbocycles. The van der Waals surface area contributed by atoms with Crippen molar-refractivity contribution in [3.63, 3.8) is 0 Å². The summed E-state index contributed by atoms with van der Waals surface area (Å²) in [7, 11) is -1.52. The van der Waals surface area contributed by atoms with Crippen LogP contribution in [0.4, 0.5) is 0 Å². The van der Waals surface area contributed by atoms with Crippen LogP contribution in [0.3, 0.4) is 0 Å². The average molecular weight is 419 g/mol. The number of H-pyrrole nitrogens is 1. The van der Waals surface area contributed by atoms with Crippen molar-refractivity contribution in [1.29, 1.82) is 0 Å². The molecule has 1 aliphatic heterocycles. The standard InChI is InChI=1S/C15H19ClN4O4S2/c1-24-4-3-20(11-2-5-26(22,23)9-11)13(21)8-25-15-18-12-6-10(16)7-17-14(12)19-15/h6-7,11H,2-5,8-9H2,1H3,(H,17,18,19)/t11-/m0/s1. The zero-order chi connectivity index (χ0) is 18.7. The number of methoxy groups -OCH3 is 1. The van der Waals surface area contributed by atoms with Crippen LogP contribution in [0, 0.1) is 0 Å². The van der Waals surface area contributed by atoms with Crippen molar-refractivity contribution in [2.75, 3.05) is 37.5 Å². The second-order valence-corrected chi connectivity index (χ2v) is 9.62. The van der Waals surface area contributed by atoms with Gasteiger partial charge in [-0.2, -0.15) is 0 Å². The number of hydrogen-bond acceptors (Lipinski definition) is 7. The van der Waals surface area contributed by atoms with E-state index >= 15 is 0 Å². The van der Waals surface area contributed by atoms with E-state index in [0.717, 1.165) is 0 Å². The van der Waals surface area contributed by atoms with E-state index < -0.39 is 9.84 Å². The van der Waals surface area contributed by atoms with Gasteiger partial charge in [0.15, 0.2) is 20.6 Å². The molecule has 8 nitrogen and oxygen atoms in total. The number of hydrogen-bond donors (Lipinski definition) is 1. The lowest BCUT2D eigenvalue weighted by molar-refractivity contribution is -0.130. The number of pyridine rings is 1. The number of halogens is 1. The summed E-state index contributed by atoms with van der Waals surface area (Å²) in [6, 6.07) is 1.43. The highest BCUT2D eigenvalue weighted by Gasteiger charge is 2.34. The van der Waals surface area contributed by atoms with Gasteiger partial charge in [-0.15, -0.1) is 0 Å². The van der Waals surface area contributed by atoms with Crippen LogP contribution >= 0.6 is 23.4 Å². The number of fused-ring (bicyclic) bond motifs is 1. The van der Waals surface area contributed by atoms with Crippen molar-refractivity contribution in [3.8, 4) is 0 Å². The average Bonchev–Trinajstić information content (AvgIpc) is 3.15. The highest BCUT2D eigenvalue weighted by molar-refractivity contribution is 7.99. The van der Waals surface area contributed by atoms with Gasteiger partial charge in [0.25, 0.3) is 0 Å². The number of ether oxygens (including phenoxy) is 1. The molecule has 142 valence electrons. The summed E-state index contributed by atoms with van der Waals surface area (Å²) < 4.78 is 28.5. The number of aromatic nitrogens is 3. The molecule has 2 aromatic heterocycles. The number of sulfone groups is 1. The Morgan fingerprint density at radius 2 is 2.35 bits per heavy atom. The van der Waals surface area contributed by atoms with Gasteiger partial charge < -0.3 is 14.6 Å². The number of thioether (sulfide) groups is 1. The Morgan fingerprint density at radius 3 is 3.04 bits per heavy atom. The van der Waals surface area contributed by atoms with Gasteiger partial charge in [-0.05, 0) is 12.5 Å². The van der Waals surface area contributed by atoms with Crippen LogP contribution in [0.2, 0.25) is 5.02 Å². The first kappa shape index (κ1) is 19.4. The zero-order valence-electron chi connectivity index (χ0n) is 14.1. The van der Waals surface area contributed by atoms with E-state index in [2.05, 4.69) is 15.0 Å². The molecular formula is C15H19ClN4O4S2. The molecule has 1 atom stereocenters. The monoisotopic (exact) mass is 418 g/mol. The second-order valence-electron chi connectivity index (χ2n) is 5.99. The molecule has 1 N–H and O–H groups in total. The van der Waals surface area contributed by atoms with E-state index in [0.29, 0.717) is 40.9 Å². The van der Waals surface area contributed by atoms with Crippen LogP contribution in [-0.4, -0.2) is 77.7 Å². The molecule has 26 heavy (non-hydrogen) atoms. The predicted octanol–water partition coefficient (Wildman–Crippen LogP) is 1.37. The van der Waals surface area contributed by atoms with E-state index in [9.17, 15) is 13.2 Å². The van der Waals surface area contributed by atoms with Gasteiger partial charge in [0.2, 0.25) is 5.91 Å². The van der Waals surface area contributed by atoms with Crippen LogP contribution in [0.5, 0.6) is 0 Å². The minimum absolute atomic E-state index is 0.0141. The molecule has 0 aliphatic carbocycles. The van der Waals surface area contributed by atoms with Gasteiger partial charge in [0.05, 0.1) is 34.4 Å². The lowest BCUT2D eigenvalue weighted by Gasteiger charge is -2.27. The zero-order valence-corrected chi connectivity index (χ0v) is 16.5. The van der Waals surface area contributed by atoms with E-state index in [1.807, 2.05) is 0 Å². The van der Waals surface area contributed by atoms with Crippen molar-refractivity contribution in [3.05, 3.63) is 17.3 Å². The third-order valence-electron chi connectivity index (χ3n) is 4.12. The van der Waals surface area contributed by atoms with Crippen molar-refractivity contribution in [1.82, 2.24) is 19.9 Å². The molecule has 3 rings (SSSR count). The maximum atomic E-state index is 12.7. The maximum absolute atomic E-state index is 12.7. The first-order valence-electron chi connectivity index (χ1n) is 8.01. The molecular weight excluding hydrogens is 400 g/mol. The lowest BCUT2D eigenvalue weighted by atomic mass is 10.2. The third-order valence-corrected chi connectivity index (χ3v) is 6.94. The van der Waals surface area contributed by atoms with Gasteiger partial charge in [-0.25, -0.2) is 18.4 Å². The number of carbonyl (C=O) groups is 1. The number of amides is 1. The van der Waals surface area contributed by atoms with E-state index in [4.69, 9.17) is 16.3 Å². The third kappa shape index (κ3) is 4.67. The molecule has 1 fully saturated rings. The van der Waals surface area contributed by atoms with Crippen molar-refractivity contribution in [2.45, 2.75) is 17.6 Å². The summed E-state index contributed by atoms with van der Waals surface area (Å²) in [5.41, 5.74) is 1.23. The Bertz CT molecular complexity index is 902. The Morgan fingerprint density at radius 1 is 1.54 bits per heavy atom.